The van der Waals surface area contributed by atoms with Crippen LogP contribution in [0.5, 0.6) is 0 Å². The first kappa shape index (κ1) is 11.3. The minimum Gasteiger partial charge on any atom is -0.478 e. The number of carboxylic acids is 1. The Morgan fingerprint density at radius 1 is 1.73 bits per heavy atom. The highest BCUT2D eigenvalue weighted by Gasteiger charge is 2.10. The Hall–Kier alpha value is -1.78. The average molecular weight is 209 g/mol. The lowest BCUT2D eigenvalue weighted by molar-refractivity contribution is 0.0698. The van der Waals surface area contributed by atoms with Crippen LogP contribution in [0.1, 0.15) is 30.6 Å². The first-order chi connectivity index (χ1) is 7.04. The second-order valence-electron chi connectivity index (χ2n) is 3.42. The van der Waals surface area contributed by atoms with Gasteiger partial charge in [-0.15, -0.1) is 0 Å². The van der Waals surface area contributed by atoms with Crippen LogP contribution in [0.3, 0.4) is 0 Å². The fourth-order valence-corrected chi connectivity index (χ4v) is 1.08. The number of hydrogen-bond donors (Lipinski definition) is 3. The number of carbonyl (C=O) groups is 1. The molecule has 0 aromatic carbocycles. The van der Waals surface area contributed by atoms with E-state index in [0.29, 0.717) is 5.82 Å². The number of nitrogens with two attached hydrogens (primary N) is 1. The van der Waals surface area contributed by atoms with Gasteiger partial charge in [0.25, 0.3) is 0 Å². The first-order valence-corrected chi connectivity index (χ1v) is 4.80. The average Bonchev–Trinajstić information content (AvgIpc) is 2.20. The molecule has 0 aliphatic carbocycles. The van der Waals surface area contributed by atoms with Crippen molar-refractivity contribution >= 4 is 17.5 Å². The molecule has 0 aliphatic heterocycles. The fourth-order valence-electron chi connectivity index (χ4n) is 1.08. The summed E-state index contributed by atoms with van der Waals surface area (Å²) in [5.74, 6) is -0.502. The summed E-state index contributed by atoms with van der Waals surface area (Å²) in [4.78, 5) is 14.8. The third-order valence-corrected chi connectivity index (χ3v) is 2.17. The Morgan fingerprint density at radius 3 is 2.93 bits per heavy atom. The highest BCUT2D eigenvalue weighted by atomic mass is 16.4. The van der Waals surface area contributed by atoms with E-state index < -0.39 is 5.97 Å². The van der Waals surface area contributed by atoms with E-state index in [1.807, 2.05) is 13.8 Å². The van der Waals surface area contributed by atoms with Gasteiger partial charge in [0.05, 0.1) is 17.4 Å². The van der Waals surface area contributed by atoms with Gasteiger partial charge in [0.1, 0.15) is 5.82 Å². The van der Waals surface area contributed by atoms with Crippen molar-refractivity contribution in [2.75, 3.05) is 11.1 Å². The van der Waals surface area contributed by atoms with Gasteiger partial charge in [0.2, 0.25) is 0 Å². The molecule has 0 bridgehead atoms. The quantitative estimate of drug-likeness (QED) is 0.700. The summed E-state index contributed by atoms with van der Waals surface area (Å²) in [7, 11) is 0. The Labute approximate surface area is 88.3 Å². The van der Waals surface area contributed by atoms with Crippen LogP contribution in [-0.4, -0.2) is 22.1 Å². The zero-order valence-electron chi connectivity index (χ0n) is 8.82. The van der Waals surface area contributed by atoms with Crippen molar-refractivity contribution in [3.8, 4) is 0 Å². The van der Waals surface area contributed by atoms with Gasteiger partial charge >= 0.3 is 5.97 Å². The van der Waals surface area contributed by atoms with Crippen LogP contribution in [0.4, 0.5) is 11.5 Å². The van der Waals surface area contributed by atoms with Gasteiger partial charge in [0.15, 0.2) is 0 Å². The van der Waals surface area contributed by atoms with Gasteiger partial charge in [-0.25, -0.2) is 9.78 Å². The van der Waals surface area contributed by atoms with Crippen LogP contribution in [0.15, 0.2) is 12.3 Å². The smallest absolute Gasteiger partial charge is 0.337 e. The second-order valence-corrected chi connectivity index (χ2v) is 3.42. The predicted molar refractivity (Wildman–Crippen MR) is 59.0 cm³/mol. The summed E-state index contributed by atoms with van der Waals surface area (Å²) >= 11 is 0. The van der Waals surface area contributed by atoms with Crippen LogP contribution in [0.2, 0.25) is 0 Å². The number of carboxylic acid groups (broad SMARTS) is 1. The topological polar surface area (TPSA) is 88.2 Å². The van der Waals surface area contributed by atoms with E-state index in [0.717, 1.165) is 6.42 Å². The Morgan fingerprint density at radius 2 is 2.40 bits per heavy atom. The molecule has 1 atom stereocenters. The molecule has 0 amide bonds. The minimum absolute atomic E-state index is 0.0794. The molecular weight excluding hydrogens is 194 g/mol. The lowest BCUT2D eigenvalue weighted by Gasteiger charge is -2.12. The van der Waals surface area contributed by atoms with Crippen LogP contribution < -0.4 is 11.1 Å². The van der Waals surface area contributed by atoms with Crippen molar-refractivity contribution in [1.82, 2.24) is 4.98 Å². The molecule has 0 spiro atoms. The molecule has 0 fully saturated rings. The molecule has 5 nitrogen and oxygen atoms in total. The van der Waals surface area contributed by atoms with E-state index >= 15 is 0 Å². The molecule has 82 valence electrons. The van der Waals surface area contributed by atoms with Crippen LogP contribution in [0, 0.1) is 0 Å². The number of anilines is 2. The predicted octanol–water partition coefficient (Wildman–Crippen LogP) is 1.57. The maximum absolute atomic E-state index is 10.8. The molecule has 0 saturated carbocycles. The second kappa shape index (κ2) is 4.63. The van der Waals surface area contributed by atoms with Crippen LogP contribution in [-0.2, 0) is 0 Å². The number of rotatable bonds is 4. The largest absolute Gasteiger partial charge is 0.478 e. The van der Waals surface area contributed by atoms with Crippen molar-refractivity contribution in [2.45, 2.75) is 26.3 Å². The fraction of sp³-hybridized carbons (Fsp3) is 0.400. The van der Waals surface area contributed by atoms with Crippen molar-refractivity contribution in [3.63, 3.8) is 0 Å². The van der Waals surface area contributed by atoms with Crippen molar-refractivity contribution in [3.05, 3.63) is 17.8 Å². The molecule has 0 radical (unpaired) electrons. The molecular formula is C10H15N3O2. The van der Waals surface area contributed by atoms with Gasteiger partial charge in [-0.05, 0) is 19.4 Å². The molecule has 1 aromatic rings. The third kappa shape index (κ3) is 2.83. The maximum atomic E-state index is 10.8. The number of aromatic carboxylic acids is 1. The third-order valence-electron chi connectivity index (χ3n) is 2.17. The number of nitrogens with one attached hydrogen (secondary N) is 1. The highest BCUT2D eigenvalue weighted by Crippen LogP contribution is 2.15. The highest BCUT2D eigenvalue weighted by molar-refractivity contribution is 5.94. The lowest BCUT2D eigenvalue weighted by atomic mass is 10.2. The first-order valence-electron chi connectivity index (χ1n) is 4.80. The zero-order valence-corrected chi connectivity index (χ0v) is 8.82. The van der Waals surface area contributed by atoms with Gasteiger partial charge in [-0.3, -0.25) is 0 Å². The number of pyridine rings is 1. The van der Waals surface area contributed by atoms with Crippen LogP contribution >= 0.6 is 0 Å². The molecule has 4 N–H and O–H groups in total. The monoisotopic (exact) mass is 209 g/mol. The molecule has 5 heteroatoms. The van der Waals surface area contributed by atoms with E-state index in [1.165, 1.54) is 12.3 Å². The van der Waals surface area contributed by atoms with E-state index in [2.05, 4.69) is 10.3 Å². The summed E-state index contributed by atoms with van der Waals surface area (Å²) in [5, 5.41) is 11.9. The van der Waals surface area contributed by atoms with E-state index in [1.54, 1.807) is 0 Å². The van der Waals surface area contributed by atoms with Gasteiger partial charge in [-0.1, -0.05) is 6.92 Å². The van der Waals surface area contributed by atoms with Gasteiger partial charge in [0, 0.05) is 6.04 Å². The van der Waals surface area contributed by atoms with Crippen LogP contribution in [0.25, 0.3) is 0 Å². The summed E-state index contributed by atoms with van der Waals surface area (Å²) in [5.41, 5.74) is 5.74. The van der Waals surface area contributed by atoms with Gasteiger partial charge in [-0.2, -0.15) is 0 Å². The van der Waals surface area contributed by atoms with E-state index in [9.17, 15) is 4.79 Å². The Kier molecular flexibility index (Phi) is 3.49. The zero-order chi connectivity index (χ0) is 11.4. The number of aromatic nitrogens is 1. The van der Waals surface area contributed by atoms with Crippen molar-refractivity contribution in [1.29, 1.82) is 0 Å². The maximum Gasteiger partial charge on any atom is 0.337 e. The van der Waals surface area contributed by atoms with Crippen molar-refractivity contribution in [2.24, 2.45) is 0 Å². The Balaban J connectivity index is 2.92. The normalized spacial score (nSPS) is 12.1. The minimum atomic E-state index is -1.04. The molecule has 1 aromatic heterocycles. The summed E-state index contributed by atoms with van der Waals surface area (Å²) < 4.78 is 0. The molecule has 1 rings (SSSR count). The molecule has 1 unspecified atom stereocenters. The molecule has 0 aliphatic rings. The molecule has 1 heterocycles. The summed E-state index contributed by atoms with van der Waals surface area (Å²) in [6.45, 7) is 4.03. The molecule has 15 heavy (non-hydrogen) atoms. The summed E-state index contributed by atoms with van der Waals surface area (Å²) in [6, 6.07) is 1.70. The summed E-state index contributed by atoms with van der Waals surface area (Å²) in [6.07, 6.45) is 2.29. The number of nitrogen functional groups attached to an aromatic ring is 1. The van der Waals surface area contributed by atoms with E-state index in [4.69, 9.17) is 10.8 Å². The van der Waals surface area contributed by atoms with Gasteiger partial charge < -0.3 is 16.2 Å². The standard InChI is InChI=1S/C10H15N3O2/c1-3-6(2)13-9-4-7(10(14)15)8(11)5-12-9/h4-6H,3,11H2,1-2H3,(H,12,13)(H,14,15). The SMILES string of the molecule is CCC(C)Nc1cc(C(=O)O)c(N)cn1. The Bertz CT molecular complexity index is 366. The number of nitrogens with zero attached hydrogens (tertiary/aromatic N) is 1. The number of hydrogen-bond acceptors (Lipinski definition) is 4. The van der Waals surface area contributed by atoms with Crippen molar-refractivity contribution < 1.29 is 9.90 Å². The molecule has 0 saturated heterocycles. The lowest BCUT2D eigenvalue weighted by Crippen LogP contribution is -2.15. The van der Waals surface area contributed by atoms with E-state index in [-0.39, 0.29) is 17.3 Å².